The number of methoxy groups -OCH3 is 2. The fourth-order valence-corrected chi connectivity index (χ4v) is 2.07. The lowest BCUT2D eigenvalue weighted by atomic mass is 10.1. The van der Waals surface area contributed by atoms with Crippen LogP contribution in [0, 0.1) is 6.92 Å². The van der Waals surface area contributed by atoms with Gasteiger partial charge in [-0.15, -0.1) is 0 Å². The number of benzene rings is 1. The molecule has 0 radical (unpaired) electrons. The molecular formula is C16H21N3O2. The van der Waals surface area contributed by atoms with Crippen LogP contribution in [0.25, 0.3) is 11.3 Å². The van der Waals surface area contributed by atoms with E-state index in [1.807, 2.05) is 39.0 Å². The average molecular weight is 287 g/mol. The molecule has 1 aromatic carbocycles. The van der Waals surface area contributed by atoms with Crippen LogP contribution in [0.15, 0.2) is 18.2 Å². The quantitative estimate of drug-likeness (QED) is 0.935. The van der Waals surface area contributed by atoms with Crippen molar-refractivity contribution in [3.8, 4) is 22.8 Å². The van der Waals surface area contributed by atoms with E-state index in [9.17, 15) is 0 Å². The van der Waals surface area contributed by atoms with Gasteiger partial charge in [-0.05, 0) is 25.1 Å². The maximum Gasteiger partial charge on any atom is 0.161 e. The van der Waals surface area contributed by atoms with Crippen LogP contribution in [0.2, 0.25) is 0 Å². The van der Waals surface area contributed by atoms with Crippen molar-refractivity contribution in [2.45, 2.75) is 26.7 Å². The summed E-state index contributed by atoms with van der Waals surface area (Å²) < 4.78 is 10.6. The molecule has 2 aromatic rings. The first-order valence-corrected chi connectivity index (χ1v) is 6.84. The van der Waals surface area contributed by atoms with E-state index >= 15 is 0 Å². The molecule has 0 aliphatic carbocycles. The van der Waals surface area contributed by atoms with Gasteiger partial charge in [0.25, 0.3) is 0 Å². The summed E-state index contributed by atoms with van der Waals surface area (Å²) in [7, 11) is 3.23. The van der Waals surface area contributed by atoms with Gasteiger partial charge in [0.2, 0.25) is 0 Å². The normalized spacial score (nSPS) is 10.8. The van der Waals surface area contributed by atoms with Gasteiger partial charge >= 0.3 is 0 Å². The van der Waals surface area contributed by atoms with E-state index in [-0.39, 0.29) is 5.92 Å². The van der Waals surface area contributed by atoms with Gasteiger partial charge in [-0.25, -0.2) is 9.97 Å². The molecule has 2 rings (SSSR count). The Hall–Kier alpha value is -2.30. The summed E-state index contributed by atoms with van der Waals surface area (Å²) in [5.41, 5.74) is 8.64. The van der Waals surface area contributed by atoms with E-state index in [1.165, 1.54) is 0 Å². The molecule has 0 fully saturated rings. The Morgan fingerprint density at radius 1 is 1.05 bits per heavy atom. The van der Waals surface area contributed by atoms with Gasteiger partial charge in [-0.3, -0.25) is 0 Å². The summed E-state index contributed by atoms with van der Waals surface area (Å²) in [5.74, 6) is 2.82. The molecule has 112 valence electrons. The average Bonchev–Trinajstić information content (AvgIpc) is 2.48. The molecule has 0 atom stereocenters. The third-order valence-electron chi connectivity index (χ3n) is 3.37. The molecular weight excluding hydrogens is 266 g/mol. The predicted octanol–water partition coefficient (Wildman–Crippen LogP) is 3.17. The molecule has 21 heavy (non-hydrogen) atoms. The number of rotatable bonds is 4. The first-order valence-electron chi connectivity index (χ1n) is 6.84. The lowest BCUT2D eigenvalue weighted by molar-refractivity contribution is 0.355. The second kappa shape index (κ2) is 5.99. The lowest BCUT2D eigenvalue weighted by Gasteiger charge is -2.14. The molecule has 0 aliphatic rings. The summed E-state index contributed by atoms with van der Waals surface area (Å²) in [6, 6.07) is 5.71. The largest absolute Gasteiger partial charge is 0.493 e. The van der Waals surface area contributed by atoms with Crippen molar-refractivity contribution in [3.63, 3.8) is 0 Å². The van der Waals surface area contributed by atoms with Crippen molar-refractivity contribution in [2.24, 2.45) is 0 Å². The number of nitrogen functional groups attached to an aromatic ring is 1. The van der Waals surface area contributed by atoms with Crippen LogP contribution < -0.4 is 15.2 Å². The van der Waals surface area contributed by atoms with Gasteiger partial charge in [-0.1, -0.05) is 13.8 Å². The van der Waals surface area contributed by atoms with E-state index in [2.05, 4.69) is 9.97 Å². The maximum absolute atomic E-state index is 6.02. The molecule has 1 heterocycles. The van der Waals surface area contributed by atoms with Crippen LogP contribution in [0.4, 0.5) is 5.82 Å². The molecule has 5 heteroatoms. The van der Waals surface area contributed by atoms with Crippen LogP contribution in [-0.4, -0.2) is 24.2 Å². The van der Waals surface area contributed by atoms with E-state index in [4.69, 9.17) is 15.2 Å². The maximum atomic E-state index is 6.02. The van der Waals surface area contributed by atoms with Crippen molar-refractivity contribution >= 4 is 5.82 Å². The summed E-state index contributed by atoms with van der Waals surface area (Å²) >= 11 is 0. The molecule has 0 amide bonds. The fraction of sp³-hybridized carbons (Fsp3) is 0.375. The zero-order chi connectivity index (χ0) is 15.6. The number of anilines is 1. The summed E-state index contributed by atoms with van der Waals surface area (Å²) in [4.78, 5) is 8.99. The van der Waals surface area contributed by atoms with Crippen molar-refractivity contribution in [1.29, 1.82) is 0 Å². The topological polar surface area (TPSA) is 70.3 Å². The molecule has 2 N–H and O–H groups in total. The Labute approximate surface area is 125 Å². The Morgan fingerprint density at radius 3 is 2.29 bits per heavy atom. The minimum absolute atomic E-state index is 0.215. The standard InChI is InChI=1S/C16H21N3O2/c1-9(2)16-18-14(10(3)15(17)19-16)11-6-7-12(20-4)13(8-11)21-5/h6-9H,1-5H3,(H2,17,18,19). The van der Waals surface area contributed by atoms with Crippen molar-refractivity contribution in [1.82, 2.24) is 9.97 Å². The first kappa shape index (κ1) is 15.1. The highest BCUT2D eigenvalue weighted by molar-refractivity contribution is 5.70. The van der Waals surface area contributed by atoms with Gasteiger partial charge in [0.1, 0.15) is 11.6 Å². The zero-order valence-electron chi connectivity index (χ0n) is 13.1. The van der Waals surface area contributed by atoms with E-state index in [0.717, 1.165) is 22.6 Å². The third kappa shape index (κ3) is 2.91. The van der Waals surface area contributed by atoms with Crippen LogP contribution >= 0.6 is 0 Å². The van der Waals surface area contributed by atoms with Gasteiger partial charge < -0.3 is 15.2 Å². The Bertz CT molecular complexity index is 654. The number of nitrogens with zero attached hydrogens (tertiary/aromatic N) is 2. The molecule has 0 saturated carbocycles. The number of aromatic nitrogens is 2. The molecule has 0 bridgehead atoms. The molecule has 0 aliphatic heterocycles. The summed E-state index contributed by atoms with van der Waals surface area (Å²) in [6.07, 6.45) is 0. The fourth-order valence-electron chi connectivity index (χ4n) is 2.07. The number of hydrogen-bond acceptors (Lipinski definition) is 5. The predicted molar refractivity (Wildman–Crippen MR) is 83.8 cm³/mol. The monoisotopic (exact) mass is 287 g/mol. The van der Waals surface area contributed by atoms with Crippen LogP contribution in [0.5, 0.6) is 11.5 Å². The highest BCUT2D eigenvalue weighted by atomic mass is 16.5. The Morgan fingerprint density at radius 2 is 1.71 bits per heavy atom. The van der Waals surface area contributed by atoms with Crippen molar-refractivity contribution < 1.29 is 9.47 Å². The second-order valence-corrected chi connectivity index (χ2v) is 5.17. The van der Waals surface area contributed by atoms with Gasteiger partial charge in [-0.2, -0.15) is 0 Å². The molecule has 0 unspecified atom stereocenters. The van der Waals surface area contributed by atoms with Gasteiger partial charge in [0.15, 0.2) is 11.5 Å². The number of ether oxygens (including phenoxy) is 2. The smallest absolute Gasteiger partial charge is 0.161 e. The molecule has 0 spiro atoms. The second-order valence-electron chi connectivity index (χ2n) is 5.17. The number of hydrogen-bond donors (Lipinski definition) is 1. The highest BCUT2D eigenvalue weighted by Crippen LogP contribution is 2.34. The third-order valence-corrected chi connectivity index (χ3v) is 3.37. The van der Waals surface area contributed by atoms with Gasteiger partial charge in [0, 0.05) is 17.0 Å². The molecule has 0 saturated heterocycles. The van der Waals surface area contributed by atoms with Crippen molar-refractivity contribution in [2.75, 3.05) is 20.0 Å². The minimum atomic E-state index is 0.215. The van der Waals surface area contributed by atoms with E-state index in [0.29, 0.717) is 17.3 Å². The van der Waals surface area contributed by atoms with Crippen molar-refractivity contribution in [3.05, 3.63) is 29.6 Å². The summed E-state index contributed by atoms with van der Waals surface area (Å²) in [6.45, 7) is 6.01. The minimum Gasteiger partial charge on any atom is -0.493 e. The summed E-state index contributed by atoms with van der Waals surface area (Å²) in [5, 5.41) is 0. The molecule has 1 aromatic heterocycles. The lowest BCUT2D eigenvalue weighted by Crippen LogP contribution is -2.06. The highest BCUT2D eigenvalue weighted by Gasteiger charge is 2.14. The molecule has 5 nitrogen and oxygen atoms in total. The first-order chi connectivity index (χ1) is 9.97. The van der Waals surface area contributed by atoms with Crippen LogP contribution in [0.3, 0.4) is 0 Å². The SMILES string of the molecule is COc1ccc(-c2nc(C(C)C)nc(N)c2C)cc1OC. The Kier molecular flexibility index (Phi) is 4.31. The van der Waals surface area contributed by atoms with Crippen LogP contribution in [-0.2, 0) is 0 Å². The zero-order valence-corrected chi connectivity index (χ0v) is 13.1. The van der Waals surface area contributed by atoms with Crippen LogP contribution in [0.1, 0.15) is 31.2 Å². The van der Waals surface area contributed by atoms with E-state index in [1.54, 1.807) is 14.2 Å². The number of nitrogens with two attached hydrogens (primary N) is 1. The van der Waals surface area contributed by atoms with E-state index < -0.39 is 0 Å². The van der Waals surface area contributed by atoms with Gasteiger partial charge in [0.05, 0.1) is 19.9 Å². The Balaban J connectivity index is 2.60.